The summed E-state index contributed by atoms with van der Waals surface area (Å²) >= 11 is 2.19. The fourth-order valence-electron chi connectivity index (χ4n) is 2.32. The summed E-state index contributed by atoms with van der Waals surface area (Å²) < 4.78 is 0.970. The summed E-state index contributed by atoms with van der Waals surface area (Å²) in [7, 11) is 0. The van der Waals surface area contributed by atoms with Crippen molar-refractivity contribution in [2.75, 3.05) is 13.1 Å². The molecular weight excluding hydrogens is 355 g/mol. The number of halogens is 1. The van der Waals surface area contributed by atoms with Gasteiger partial charge in [0.05, 0.1) is 11.0 Å². The lowest BCUT2D eigenvalue weighted by molar-refractivity contribution is -0.126. The first-order valence-corrected chi connectivity index (χ1v) is 7.27. The maximum Gasteiger partial charge on any atom is 0.254 e. The van der Waals surface area contributed by atoms with Crippen LogP contribution in [0.4, 0.5) is 0 Å². The zero-order chi connectivity index (χ0) is 14.2. The van der Waals surface area contributed by atoms with Gasteiger partial charge in [-0.05, 0) is 54.5 Å². The number of benzene rings is 1. The highest BCUT2D eigenvalue weighted by atomic mass is 127. The highest BCUT2D eigenvalue weighted by molar-refractivity contribution is 14.1. The van der Waals surface area contributed by atoms with Gasteiger partial charge in [0.25, 0.3) is 5.91 Å². The van der Waals surface area contributed by atoms with E-state index in [0.29, 0.717) is 25.1 Å². The number of amides is 2. The average molecular weight is 372 g/mol. The molecule has 2 N–H and O–H groups in total. The van der Waals surface area contributed by atoms with Crippen LogP contribution in [0.2, 0.25) is 0 Å². The van der Waals surface area contributed by atoms with Crippen molar-refractivity contribution in [2.45, 2.75) is 20.3 Å². The van der Waals surface area contributed by atoms with E-state index in [0.717, 1.165) is 9.13 Å². The zero-order valence-electron chi connectivity index (χ0n) is 11.1. The Morgan fingerprint density at radius 2 is 2.11 bits per heavy atom. The Balaban J connectivity index is 2.23. The van der Waals surface area contributed by atoms with Crippen molar-refractivity contribution in [3.63, 3.8) is 0 Å². The molecule has 0 aliphatic carbocycles. The van der Waals surface area contributed by atoms with Crippen LogP contribution in [0, 0.1) is 15.9 Å². The molecule has 1 fully saturated rings. The van der Waals surface area contributed by atoms with Crippen LogP contribution in [-0.2, 0) is 4.79 Å². The molecule has 1 aromatic rings. The van der Waals surface area contributed by atoms with Crippen molar-refractivity contribution in [3.8, 4) is 0 Å². The largest absolute Gasteiger partial charge is 0.369 e. The van der Waals surface area contributed by atoms with Crippen LogP contribution in [-0.4, -0.2) is 29.8 Å². The molecule has 2 rings (SSSR count). The molecule has 1 unspecified atom stereocenters. The number of likely N-dealkylation sites (tertiary alicyclic amines) is 1. The molecule has 1 saturated heterocycles. The molecule has 2 amide bonds. The number of nitrogens with two attached hydrogens (primary N) is 1. The van der Waals surface area contributed by atoms with Gasteiger partial charge in [0.1, 0.15) is 0 Å². The van der Waals surface area contributed by atoms with E-state index in [-0.39, 0.29) is 11.8 Å². The number of nitrogens with zero attached hydrogens (tertiary/aromatic N) is 1. The van der Waals surface area contributed by atoms with E-state index < -0.39 is 5.41 Å². The fraction of sp³-hybridized carbons (Fsp3) is 0.429. The first-order chi connectivity index (χ1) is 8.85. The number of primary amides is 1. The summed E-state index contributed by atoms with van der Waals surface area (Å²) in [6, 6.07) is 5.70. The fourth-order valence-corrected chi connectivity index (χ4v) is 2.91. The predicted octanol–water partition coefficient (Wildman–Crippen LogP) is 1.94. The van der Waals surface area contributed by atoms with Crippen LogP contribution in [0.5, 0.6) is 0 Å². The summed E-state index contributed by atoms with van der Waals surface area (Å²) in [4.78, 5) is 25.7. The molecule has 1 heterocycles. The molecule has 5 heteroatoms. The Morgan fingerprint density at radius 3 is 2.68 bits per heavy atom. The monoisotopic (exact) mass is 372 g/mol. The van der Waals surface area contributed by atoms with E-state index in [2.05, 4.69) is 22.6 Å². The molecule has 1 aliphatic rings. The summed E-state index contributed by atoms with van der Waals surface area (Å²) in [5.41, 5.74) is 6.61. The minimum absolute atomic E-state index is 0.0157. The Hall–Kier alpha value is -1.11. The second kappa shape index (κ2) is 5.11. The molecule has 0 saturated carbocycles. The molecule has 19 heavy (non-hydrogen) atoms. The molecule has 1 aliphatic heterocycles. The third kappa shape index (κ3) is 2.61. The van der Waals surface area contributed by atoms with E-state index in [1.54, 1.807) is 4.90 Å². The van der Waals surface area contributed by atoms with Crippen molar-refractivity contribution in [1.82, 2.24) is 4.90 Å². The highest BCUT2D eigenvalue weighted by Gasteiger charge is 2.41. The highest BCUT2D eigenvalue weighted by Crippen LogP contribution is 2.31. The zero-order valence-corrected chi connectivity index (χ0v) is 13.2. The molecule has 0 bridgehead atoms. The number of hydrogen-bond donors (Lipinski definition) is 1. The van der Waals surface area contributed by atoms with E-state index in [1.165, 1.54) is 0 Å². The van der Waals surface area contributed by atoms with Gasteiger partial charge in [0, 0.05) is 16.7 Å². The quantitative estimate of drug-likeness (QED) is 0.807. The lowest BCUT2D eigenvalue weighted by Crippen LogP contribution is -2.38. The summed E-state index contributed by atoms with van der Waals surface area (Å²) in [5, 5.41) is 0. The Labute approximate surface area is 126 Å². The number of carbonyl (C=O) groups excluding carboxylic acids is 2. The number of hydrogen-bond acceptors (Lipinski definition) is 2. The predicted molar refractivity (Wildman–Crippen MR) is 81.7 cm³/mol. The Bertz CT molecular complexity index is 544. The van der Waals surface area contributed by atoms with Gasteiger partial charge in [-0.15, -0.1) is 0 Å². The van der Waals surface area contributed by atoms with E-state index >= 15 is 0 Å². The topological polar surface area (TPSA) is 63.4 Å². The van der Waals surface area contributed by atoms with Crippen molar-refractivity contribution >= 4 is 34.4 Å². The van der Waals surface area contributed by atoms with Gasteiger partial charge in [-0.3, -0.25) is 9.59 Å². The standard InChI is InChI=1S/C14H17IN2O2/c1-9-4-3-5-10(11(9)15)12(18)17-7-6-14(2,8-17)13(16)19/h3-5H,6-8H2,1-2H3,(H2,16,19). The minimum atomic E-state index is -0.592. The molecule has 1 aromatic carbocycles. The minimum Gasteiger partial charge on any atom is -0.369 e. The second-order valence-corrected chi connectivity index (χ2v) is 6.42. The lowest BCUT2D eigenvalue weighted by Gasteiger charge is -2.21. The van der Waals surface area contributed by atoms with Gasteiger partial charge in [-0.2, -0.15) is 0 Å². The maximum atomic E-state index is 12.5. The first kappa shape index (κ1) is 14.3. The van der Waals surface area contributed by atoms with Gasteiger partial charge in [-0.1, -0.05) is 12.1 Å². The third-order valence-electron chi connectivity index (χ3n) is 3.78. The second-order valence-electron chi connectivity index (χ2n) is 5.34. The van der Waals surface area contributed by atoms with Crippen LogP contribution in [0.25, 0.3) is 0 Å². The lowest BCUT2D eigenvalue weighted by atomic mass is 9.89. The van der Waals surface area contributed by atoms with Gasteiger partial charge in [-0.25, -0.2) is 0 Å². The van der Waals surface area contributed by atoms with Crippen LogP contribution >= 0.6 is 22.6 Å². The molecule has 0 radical (unpaired) electrons. The summed E-state index contributed by atoms with van der Waals surface area (Å²) in [5.74, 6) is -0.347. The first-order valence-electron chi connectivity index (χ1n) is 6.19. The number of aryl methyl sites for hydroxylation is 1. The Kier molecular flexibility index (Phi) is 3.85. The van der Waals surface area contributed by atoms with Crippen LogP contribution in [0.1, 0.15) is 29.3 Å². The average Bonchev–Trinajstić information content (AvgIpc) is 2.76. The van der Waals surface area contributed by atoms with Crippen molar-refractivity contribution in [2.24, 2.45) is 11.1 Å². The molecule has 0 spiro atoms. The molecular formula is C14H17IN2O2. The van der Waals surface area contributed by atoms with Crippen LogP contribution in [0.15, 0.2) is 18.2 Å². The van der Waals surface area contributed by atoms with Gasteiger partial charge < -0.3 is 10.6 Å². The number of carbonyl (C=O) groups is 2. The van der Waals surface area contributed by atoms with E-state index in [9.17, 15) is 9.59 Å². The maximum absolute atomic E-state index is 12.5. The summed E-state index contributed by atoms with van der Waals surface area (Å²) in [6.45, 7) is 4.80. The SMILES string of the molecule is Cc1cccc(C(=O)N2CCC(C)(C(N)=O)C2)c1I. The molecule has 102 valence electrons. The normalized spacial score (nSPS) is 22.6. The van der Waals surface area contributed by atoms with Crippen LogP contribution in [0.3, 0.4) is 0 Å². The molecule has 4 nitrogen and oxygen atoms in total. The van der Waals surface area contributed by atoms with E-state index in [1.807, 2.05) is 32.0 Å². The smallest absolute Gasteiger partial charge is 0.254 e. The van der Waals surface area contributed by atoms with Crippen LogP contribution < -0.4 is 5.73 Å². The van der Waals surface area contributed by atoms with Gasteiger partial charge in [0.15, 0.2) is 0 Å². The summed E-state index contributed by atoms with van der Waals surface area (Å²) in [6.07, 6.45) is 0.635. The Morgan fingerprint density at radius 1 is 1.42 bits per heavy atom. The van der Waals surface area contributed by atoms with Crippen molar-refractivity contribution in [1.29, 1.82) is 0 Å². The van der Waals surface area contributed by atoms with Crippen molar-refractivity contribution in [3.05, 3.63) is 32.9 Å². The van der Waals surface area contributed by atoms with E-state index in [4.69, 9.17) is 5.73 Å². The molecule has 1 atom stereocenters. The van der Waals surface area contributed by atoms with Gasteiger partial charge >= 0.3 is 0 Å². The van der Waals surface area contributed by atoms with Gasteiger partial charge in [0.2, 0.25) is 5.91 Å². The molecule has 0 aromatic heterocycles. The third-order valence-corrected chi connectivity index (χ3v) is 5.21. The number of rotatable bonds is 2. The van der Waals surface area contributed by atoms with Crippen molar-refractivity contribution < 1.29 is 9.59 Å².